The van der Waals surface area contributed by atoms with Crippen LogP contribution in [-0.4, -0.2) is 4.98 Å². The molecule has 152 valence electrons. The van der Waals surface area contributed by atoms with E-state index in [0.717, 1.165) is 18.0 Å². The van der Waals surface area contributed by atoms with E-state index in [1.165, 1.54) is 99.4 Å². The molecule has 1 aliphatic rings. The van der Waals surface area contributed by atoms with Gasteiger partial charge >= 0.3 is 0 Å². The minimum absolute atomic E-state index is 0.878. The largest absolute Gasteiger partial charge is 0.253 e. The van der Waals surface area contributed by atoms with Crippen LogP contribution in [0.1, 0.15) is 94.9 Å². The first-order valence-electron chi connectivity index (χ1n) is 11.9. The second-order valence-electron chi connectivity index (χ2n) is 8.77. The van der Waals surface area contributed by atoms with Crippen molar-refractivity contribution in [3.63, 3.8) is 0 Å². The van der Waals surface area contributed by atoms with E-state index in [1.807, 2.05) is 0 Å². The molecule has 0 N–H and O–H groups in total. The van der Waals surface area contributed by atoms with E-state index in [2.05, 4.69) is 50.2 Å². The lowest BCUT2D eigenvalue weighted by Crippen LogP contribution is -2.15. The van der Waals surface area contributed by atoms with Gasteiger partial charge in [0.1, 0.15) is 0 Å². The molecule has 1 aromatic heterocycles. The van der Waals surface area contributed by atoms with E-state index >= 15 is 0 Å². The molecule has 0 fully saturated rings. The molecule has 1 heterocycles. The highest BCUT2D eigenvalue weighted by molar-refractivity contribution is 5.60. The molecule has 1 aromatic carbocycles. The zero-order chi connectivity index (χ0) is 19.6. The number of aromatic nitrogens is 1. The van der Waals surface area contributed by atoms with Crippen LogP contribution >= 0.6 is 0 Å². The Morgan fingerprint density at radius 2 is 1.57 bits per heavy atom. The topological polar surface area (TPSA) is 12.9 Å². The Morgan fingerprint density at radius 3 is 2.36 bits per heavy atom. The number of hydrogen-bond acceptors (Lipinski definition) is 1. The van der Waals surface area contributed by atoms with E-state index in [1.54, 1.807) is 0 Å². The van der Waals surface area contributed by atoms with Crippen molar-refractivity contribution in [2.24, 2.45) is 5.92 Å². The van der Waals surface area contributed by atoms with Crippen LogP contribution in [-0.2, 0) is 19.3 Å². The number of unbranched alkanes of at least 4 members (excludes halogenated alkanes) is 6. The summed E-state index contributed by atoms with van der Waals surface area (Å²) in [6.07, 6.45) is 17.2. The number of pyridine rings is 1. The number of rotatable bonds is 11. The molecule has 28 heavy (non-hydrogen) atoms. The van der Waals surface area contributed by atoms with E-state index in [4.69, 9.17) is 4.98 Å². The summed E-state index contributed by atoms with van der Waals surface area (Å²) >= 11 is 0. The Labute approximate surface area is 173 Å². The lowest BCUT2D eigenvalue weighted by atomic mass is 9.83. The minimum Gasteiger partial charge on any atom is -0.253 e. The van der Waals surface area contributed by atoms with Gasteiger partial charge in [0, 0.05) is 11.3 Å². The van der Waals surface area contributed by atoms with E-state index in [0.29, 0.717) is 0 Å². The molecule has 0 saturated heterocycles. The van der Waals surface area contributed by atoms with Crippen LogP contribution in [0.3, 0.4) is 0 Å². The van der Waals surface area contributed by atoms with Gasteiger partial charge in [-0.1, -0.05) is 95.5 Å². The zero-order valence-electron chi connectivity index (χ0n) is 18.2. The van der Waals surface area contributed by atoms with Gasteiger partial charge in [-0.05, 0) is 55.2 Å². The standard InChI is InChI=1S/C27H39N/c1-3-5-7-8-10-11-22-13-16-24(17-14-22)26-20-18-25-21-23(12-9-6-4-2)15-19-27(25)28-26/h13-14,16-18,20,23H,3-12,15,19,21H2,1-2H3. The molecule has 2 aromatic rings. The number of hydrogen-bond donors (Lipinski definition) is 0. The first kappa shape index (κ1) is 21.1. The Hall–Kier alpha value is -1.63. The number of nitrogens with zero attached hydrogens (tertiary/aromatic N) is 1. The summed E-state index contributed by atoms with van der Waals surface area (Å²) in [6.45, 7) is 4.57. The average molecular weight is 378 g/mol. The summed E-state index contributed by atoms with van der Waals surface area (Å²) in [5.74, 6) is 0.878. The molecule has 1 unspecified atom stereocenters. The van der Waals surface area contributed by atoms with Crippen LogP contribution in [0.25, 0.3) is 11.3 Å². The van der Waals surface area contributed by atoms with Gasteiger partial charge < -0.3 is 0 Å². The van der Waals surface area contributed by atoms with Crippen molar-refractivity contribution >= 4 is 0 Å². The Bertz CT molecular complexity index is 701. The van der Waals surface area contributed by atoms with Crippen LogP contribution < -0.4 is 0 Å². The van der Waals surface area contributed by atoms with Crippen molar-refractivity contribution in [3.8, 4) is 11.3 Å². The summed E-state index contributed by atoms with van der Waals surface area (Å²) < 4.78 is 0. The molecule has 1 atom stereocenters. The first-order valence-corrected chi connectivity index (χ1v) is 11.9. The smallest absolute Gasteiger partial charge is 0.0705 e. The van der Waals surface area contributed by atoms with E-state index in [9.17, 15) is 0 Å². The van der Waals surface area contributed by atoms with Crippen LogP contribution in [0, 0.1) is 5.92 Å². The molecule has 0 spiro atoms. The van der Waals surface area contributed by atoms with Crippen molar-refractivity contribution in [1.82, 2.24) is 4.98 Å². The van der Waals surface area contributed by atoms with Crippen molar-refractivity contribution in [3.05, 3.63) is 53.2 Å². The summed E-state index contributed by atoms with van der Waals surface area (Å²) in [7, 11) is 0. The van der Waals surface area contributed by atoms with Crippen molar-refractivity contribution < 1.29 is 0 Å². The Balaban J connectivity index is 1.55. The maximum Gasteiger partial charge on any atom is 0.0705 e. The molecular weight excluding hydrogens is 338 g/mol. The maximum atomic E-state index is 5.04. The Kier molecular flexibility index (Phi) is 8.58. The summed E-state index contributed by atoms with van der Waals surface area (Å²) in [5.41, 5.74) is 6.73. The third-order valence-corrected chi connectivity index (χ3v) is 6.40. The van der Waals surface area contributed by atoms with Gasteiger partial charge in [-0.15, -0.1) is 0 Å². The average Bonchev–Trinajstić information content (AvgIpc) is 2.74. The van der Waals surface area contributed by atoms with Gasteiger partial charge in [0.05, 0.1) is 5.69 Å². The van der Waals surface area contributed by atoms with Gasteiger partial charge in [-0.25, -0.2) is 0 Å². The molecule has 0 bridgehead atoms. The molecule has 0 aliphatic heterocycles. The van der Waals surface area contributed by atoms with Crippen LogP contribution in [0.4, 0.5) is 0 Å². The lowest BCUT2D eigenvalue weighted by Gasteiger charge is -2.24. The van der Waals surface area contributed by atoms with Crippen molar-refractivity contribution in [2.75, 3.05) is 0 Å². The number of aryl methyl sites for hydroxylation is 2. The van der Waals surface area contributed by atoms with Crippen molar-refractivity contribution in [2.45, 2.75) is 97.3 Å². The molecule has 1 heteroatoms. The van der Waals surface area contributed by atoms with E-state index < -0.39 is 0 Å². The maximum absolute atomic E-state index is 5.04. The van der Waals surface area contributed by atoms with Gasteiger partial charge in [0.15, 0.2) is 0 Å². The van der Waals surface area contributed by atoms with Crippen LogP contribution in [0.5, 0.6) is 0 Å². The molecule has 1 nitrogen and oxygen atoms in total. The van der Waals surface area contributed by atoms with Gasteiger partial charge in [-0.2, -0.15) is 0 Å². The lowest BCUT2D eigenvalue weighted by molar-refractivity contribution is 0.404. The minimum atomic E-state index is 0.878. The summed E-state index contributed by atoms with van der Waals surface area (Å²) in [6, 6.07) is 13.7. The van der Waals surface area contributed by atoms with Gasteiger partial charge in [0.25, 0.3) is 0 Å². The van der Waals surface area contributed by atoms with Gasteiger partial charge in [-0.3, -0.25) is 4.98 Å². The quantitative estimate of drug-likeness (QED) is 0.362. The Morgan fingerprint density at radius 1 is 0.821 bits per heavy atom. The molecular formula is C27H39N. The molecule has 0 radical (unpaired) electrons. The van der Waals surface area contributed by atoms with Crippen molar-refractivity contribution in [1.29, 1.82) is 0 Å². The number of fused-ring (bicyclic) bond motifs is 1. The van der Waals surface area contributed by atoms with Crippen LogP contribution in [0.2, 0.25) is 0 Å². The monoisotopic (exact) mass is 377 g/mol. The van der Waals surface area contributed by atoms with Crippen LogP contribution in [0.15, 0.2) is 36.4 Å². The first-order chi connectivity index (χ1) is 13.8. The fraction of sp³-hybridized carbons (Fsp3) is 0.593. The third kappa shape index (κ3) is 6.19. The second kappa shape index (κ2) is 11.4. The SMILES string of the molecule is CCCCCCCc1ccc(-c2ccc3c(n2)CCC(CCCCC)C3)cc1. The summed E-state index contributed by atoms with van der Waals surface area (Å²) in [5, 5.41) is 0. The molecule has 0 amide bonds. The predicted molar refractivity (Wildman–Crippen MR) is 122 cm³/mol. The summed E-state index contributed by atoms with van der Waals surface area (Å²) in [4.78, 5) is 5.04. The molecule has 3 rings (SSSR count). The molecule has 1 aliphatic carbocycles. The number of benzene rings is 1. The highest BCUT2D eigenvalue weighted by atomic mass is 14.7. The fourth-order valence-corrected chi connectivity index (χ4v) is 4.55. The van der Waals surface area contributed by atoms with Gasteiger partial charge in [0.2, 0.25) is 0 Å². The zero-order valence-corrected chi connectivity index (χ0v) is 18.2. The predicted octanol–water partition coefficient (Wildman–Crippen LogP) is 7.95. The third-order valence-electron chi connectivity index (χ3n) is 6.40. The second-order valence-corrected chi connectivity index (χ2v) is 8.77. The van der Waals surface area contributed by atoms with E-state index in [-0.39, 0.29) is 0 Å². The highest BCUT2D eigenvalue weighted by Gasteiger charge is 2.19. The molecule has 0 saturated carbocycles. The normalized spacial score (nSPS) is 16.1. The fourth-order valence-electron chi connectivity index (χ4n) is 4.55. The highest BCUT2D eigenvalue weighted by Crippen LogP contribution is 2.30.